The Hall–Kier alpha value is -2.85. The van der Waals surface area contributed by atoms with Gasteiger partial charge in [-0.2, -0.15) is 0 Å². The first kappa shape index (κ1) is 23.2. The molecule has 3 atom stereocenters. The molecular weight excluding hydrogens is 364 g/mol. The molecule has 1 aliphatic rings. The second-order valence-corrected chi connectivity index (χ2v) is 6.68. The van der Waals surface area contributed by atoms with E-state index in [1.165, 1.54) is 26.8 Å². The molecule has 0 aromatic carbocycles. The maximum atomic E-state index is 11.5. The van der Waals surface area contributed by atoms with Gasteiger partial charge in [-0.15, -0.1) is 0 Å². The van der Waals surface area contributed by atoms with Crippen LogP contribution in [0.4, 0.5) is 0 Å². The van der Waals surface area contributed by atoms with E-state index in [-0.39, 0.29) is 12.5 Å². The van der Waals surface area contributed by atoms with Crippen LogP contribution in [-0.2, 0) is 33.3 Å². The lowest BCUT2D eigenvalue weighted by Gasteiger charge is -2.17. The van der Waals surface area contributed by atoms with Crippen molar-refractivity contribution in [2.75, 3.05) is 0 Å². The minimum absolute atomic E-state index is 0.280. The Morgan fingerprint density at radius 3 is 2.25 bits per heavy atom. The van der Waals surface area contributed by atoms with Crippen molar-refractivity contribution in [1.82, 2.24) is 0 Å². The first-order valence-corrected chi connectivity index (χ1v) is 8.75. The SMILES string of the molecule is CC(=O)O/C=C(/C=C/OC(C)=O)[C@H](C[C@H]1O[C@]1(C)C#CC=C(C)C)OC(C)=O. The molecule has 0 bridgehead atoms. The summed E-state index contributed by atoms with van der Waals surface area (Å²) in [7, 11) is 0. The summed E-state index contributed by atoms with van der Waals surface area (Å²) >= 11 is 0. The van der Waals surface area contributed by atoms with E-state index in [1.807, 2.05) is 20.8 Å². The summed E-state index contributed by atoms with van der Waals surface area (Å²) in [6.45, 7) is 9.50. The fraction of sp³-hybridized carbons (Fsp3) is 0.476. The molecule has 7 nitrogen and oxygen atoms in total. The highest BCUT2D eigenvalue weighted by Crippen LogP contribution is 2.40. The zero-order valence-corrected chi connectivity index (χ0v) is 17.0. The first-order valence-electron chi connectivity index (χ1n) is 8.75. The minimum Gasteiger partial charge on any atom is -0.457 e. The molecule has 0 radical (unpaired) electrons. The number of carbonyl (C=O) groups is 3. The van der Waals surface area contributed by atoms with E-state index in [2.05, 4.69) is 11.8 Å². The van der Waals surface area contributed by atoms with Crippen LogP contribution in [-0.4, -0.2) is 35.7 Å². The normalized spacial score (nSPS) is 21.8. The highest BCUT2D eigenvalue weighted by molar-refractivity contribution is 5.68. The van der Waals surface area contributed by atoms with Crippen LogP contribution in [0.25, 0.3) is 0 Å². The van der Waals surface area contributed by atoms with Crippen LogP contribution >= 0.6 is 0 Å². The second kappa shape index (κ2) is 10.5. The number of carbonyl (C=O) groups excluding carboxylic acids is 3. The molecule has 0 unspecified atom stereocenters. The summed E-state index contributed by atoms with van der Waals surface area (Å²) in [6.07, 6.45) is 4.71. The summed E-state index contributed by atoms with van der Waals surface area (Å²) in [6, 6.07) is 0. The molecular formula is C21H26O7. The molecule has 0 aliphatic carbocycles. The molecule has 0 saturated carbocycles. The van der Waals surface area contributed by atoms with Crippen LogP contribution in [0.15, 0.2) is 35.8 Å². The zero-order chi connectivity index (χ0) is 21.3. The largest absolute Gasteiger partial charge is 0.457 e. The smallest absolute Gasteiger partial charge is 0.307 e. The third-order valence-electron chi connectivity index (χ3n) is 3.59. The van der Waals surface area contributed by atoms with E-state index >= 15 is 0 Å². The monoisotopic (exact) mass is 390 g/mol. The van der Waals surface area contributed by atoms with Crippen LogP contribution in [0, 0.1) is 11.8 Å². The predicted molar refractivity (Wildman–Crippen MR) is 101 cm³/mol. The molecule has 152 valence electrons. The quantitative estimate of drug-likeness (QED) is 0.165. The van der Waals surface area contributed by atoms with Crippen LogP contribution in [0.5, 0.6) is 0 Å². The number of hydrogen-bond donors (Lipinski definition) is 0. The summed E-state index contributed by atoms with van der Waals surface area (Å²) in [5.74, 6) is 4.41. The van der Waals surface area contributed by atoms with Crippen molar-refractivity contribution in [3.05, 3.63) is 35.8 Å². The summed E-state index contributed by atoms with van der Waals surface area (Å²) < 4.78 is 20.7. The molecule has 0 N–H and O–H groups in total. The van der Waals surface area contributed by atoms with Gasteiger partial charge in [0.25, 0.3) is 0 Å². The first-order chi connectivity index (χ1) is 13.0. The molecule has 0 spiro atoms. The van der Waals surface area contributed by atoms with E-state index < -0.39 is 29.6 Å². The zero-order valence-electron chi connectivity index (χ0n) is 17.0. The topological polar surface area (TPSA) is 91.4 Å². The van der Waals surface area contributed by atoms with Gasteiger partial charge in [-0.25, -0.2) is 0 Å². The Kier molecular flexibility index (Phi) is 8.68. The van der Waals surface area contributed by atoms with Gasteiger partial charge in [0, 0.05) is 32.8 Å². The van der Waals surface area contributed by atoms with Gasteiger partial charge in [-0.1, -0.05) is 17.4 Å². The number of allylic oxidation sites excluding steroid dienone is 2. The summed E-state index contributed by atoms with van der Waals surface area (Å²) in [5, 5.41) is 0. The number of hydrogen-bond acceptors (Lipinski definition) is 7. The molecule has 1 rings (SSSR count). The molecule has 1 heterocycles. The molecule has 28 heavy (non-hydrogen) atoms. The predicted octanol–water partition coefficient (Wildman–Crippen LogP) is 2.96. The van der Waals surface area contributed by atoms with Crippen LogP contribution < -0.4 is 0 Å². The van der Waals surface area contributed by atoms with E-state index in [9.17, 15) is 14.4 Å². The van der Waals surface area contributed by atoms with Crippen molar-refractivity contribution in [2.45, 2.75) is 65.8 Å². The fourth-order valence-corrected chi connectivity index (χ4v) is 2.20. The van der Waals surface area contributed by atoms with Crippen molar-refractivity contribution in [2.24, 2.45) is 0 Å². The molecule has 1 saturated heterocycles. The summed E-state index contributed by atoms with van der Waals surface area (Å²) in [4.78, 5) is 33.7. The van der Waals surface area contributed by atoms with Crippen LogP contribution in [0.3, 0.4) is 0 Å². The fourth-order valence-electron chi connectivity index (χ4n) is 2.20. The van der Waals surface area contributed by atoms with Crippen molar-refractivity contribution in [1.29, 1.82) is 0 Å². The highest BCUT2D eigenvalue weighted by atomic mass is 16.6. The Balaban J connectivity index is 3.00. The number of epoxide rings is 1. The van der Waals surface area contributed by atoms with Gasteiger partial charge in [0.2, 0.25) is 0 Å². The van der Waals surface area contributed by atoms with Gasteiger partial charge >= 0.3 is 17.9 Å². The van der Waals surface area contributed by atoms with Gasteiger partial charge in [0.15, 0.2) is 5.60 Å². The van der Waals surface area contributed by atoms with E-state index in [1.54, 1.807) is 6.08 Å². The van der Waals surface area contributed by atoms with Gasteiger partial charge in [0.1, 0.15) is 18.5 Å². The second-order valence-electron chi connectivity index (χ2n) is 6.68. The maximum absolute atomic E-state index is 11.5. The lowest BCUT2D eigenvalue weighted by atomic mass is 9.99. The van der Waals surface area contributed by atoms with E-state index in [0.717, 1.165) is 18.1 Å². The molecule has 1 fully saturated rings. The minimum atomic E-state index is -0.777. The van der Waals surface area contributed by atoms with Gasteiger partial charge in [-0.3, -0.25) is 14.4 Å². The average Bonchev–Trinajstić information content (AvgIpc) is 3.18. The number of ether oxygens (including phenoxy) is 4. The number of rotatable bonds is 7. The van der Waals surface area contributed by atoms with Crippen molar-refractivity contribution >= 4 is 17.9 Å². The summed E-state index contributed by atoms with van der Waals surface area (Å²) in [5.41, 5.74) is 0.756. The van der Waals surface area contributed by atoms with Crippen LogP contribution in [0.1, 0.15) is 48.0 Å². The van der Waals surface area contributed by atoms with Crippen LogP contribution in [0.2, 0.25) is 0 Å². The van der Waals surface area contributed by atoms with Crippen molar-refractivity contribution in [3.8, 4) is 11.8 Å². The Morgan fingerprint density at radius 2 is 1.71 bits per heavy atom. The Bertz CT molecular complexity index is 759. The molecule has 0 aromatic heterocycles. The van der Waals surface area contributed by atoms with E-state index in [0.29, 0.717) is 5.57 Å². The molecule has 0 aromatic rings. The molecule has 1 aliphatic heterocycles. The third kappa shape index (κ3) is 8.69. The average molecular weight is 390 g/mol. The van der Waals surface area contributed by atoms with Gasteiger partial charge in [-0.05, 0) is 32.9 Å². The van der Waals surface area contributed by atoms with Crippen molar-refractivity contribution in [3.63, 3.8) is 0 Å². The highest BCUT2D eigenvalue weighted by Gasteiger charge is 2.52. The number of esters is 3. The molecule has 0 amide bonds. The molecule has 7 heteroatoms. The lowest BCUT2D eigenvalue weighted by Crippen LogP contribution is -2.23. The standard InChI is InChI=1S/C21H26O7/c1-14(2)8-7-10-21(6)20(28-21)12-19(27-17(5)24)18(13-26-16(4)23)9-11-25-15(3)22/h8-9,11,13,19-20H,12H2,1-6H3/b11-9+,18-13-/t19-,20+,21+/m0/s1. The Morgan fingerprint density at radius 1 is 1.07 bits per heavy atom. The van der Waals surface area contributed by atoms with Crippen molar-refractivity contribution < 1.29 is 33.3 Å². The Labute approximate surface area is 165 Å². The van der Waals surface area contributed by atoms with Gasteiger partial charge < -0.3 is 18.9 Å². The third-order valence-corrected chi connectivity index (χ3v) is 3.59. The van der Waals surface area contributed by atoms with E-state index in [4.69, 9.17) is 18.9 Å². The van der Waals surface area contributed by atoms with Gasteiger partial charge in [0.05, 0.1) is 6.26 Å². The maximum Gasteiger partial charge on any atom is 0.307 e. The lowest BCUT2D eigenvalue weighted by molar-refractivity contribution is -0.145.